The molecule has 2 amide bonds. The number of hydrogen-bond acceptors (Lipinski definition) is 5. The van der Waals surface area contributed by atoms with Gasteiger partial charge in [-0.3, -0.25) is 9.59 Å². The number of amides is 2. The average Bonchev–Trinajstić information content (AvgIpc) is 3.45. The smallest absolute Gasteiger partial charge is 0.273 e. The maximum Gasteiger partial charge on any atom is 0.273 e. The number of carbonyl (C=O) groups excluding carboxylic acids is 2. The summed E-state index contributed by atoms with van der Waals surface area (Å²) < 4.78 is 13.3. The van der Waals surface area contributed by atoms with E-state index in [1.165, 1.54) is 6.21 Å². The van der Waals surface area contributed by atoms with Crippen molar-refractivity contribution < 1.29 is 19.1 Å². The first-order valence-electron chi connectivity index (χ1n) is 11.9. The Balaban J connectivity index is 1.38. The van der Waals surface area contributed by atoms with Crippen molar-refractivity contribution in [1.29, 1.82) is 0 Å². The van der Waals surface area contributed by atoms with Crippen molar-refractivity contribution in [2.24, 2.45) is 5.10 Å². The van der Waals surface area contributed by atoms with Crippen LogP contribution in [0.5, 0.6) is 11.5 Å². The van der Waals surface area contributed by atoms with Gasteiger partial charge < -0.3 is 19.4 Å². The fraction of sp³-hybridized carbons (Fsp3) is 0.138. The zero-order valence-electron chi connectivity index (χ0n) is 20.7. The Morgan fingerprint density at radius 1 is 0.919 bits per heavy atom. The Kier molecular flexibility index (Phi) is 8.33. The number of nitrogens with zero attached hydrogens (tertiary/aromatic N) is 2. The van der Waals surface area contributed by atoms with Crippen LogP contribution in [0.2, 0.25) is 0 Å². The van der Waals surface area contributed by atoms with E-state index in [-0.39, 0.29) is 18.4 Å². The summed E-state index contributed by atoms with van der Waals surface area (Å²) in [5, 5.41) is 6.90. The molecule has 0 spiro atoms. The molecule has 4 aromatic rings. The van der Waals surface area contributed by atoms with Crippen LogP contribution >= 0.6 is 0 Å². The number of aryl methyl sites for hydroxylation is 1. The normalized spacial score (nSPS) is 10.8. The molecule has 3 aromatic carbocycles. The van der Waals surface area contributed by atoms with E-state index in [0.29, 0.717) is 34.9 Å². The monoisotopic (exact) mass is 496 g/mol. The second-order valence-corrected chi connectivity index (χ2v) is 8.15. The summed E-state index contributed by atoms with van der Waals surface area (Å²) in [6, 6.07) is 23.8. The third-order valence-corrected chi connectivity index (χ3v) is 5.37. The molecule has 0 aliphatic rings. The van der Waals surface area contributed by atoms with E-state index in [2.05, 4.69) is 15.8 Å². The molecule has 8 heteroatoms. The molecule has 0 bridgehead atoms. The predicted molar refractivity (Wildman–Crippen MR) is 144 cm³/mol. The second-order valence-electron chi connectivity index (χ2n) is 8.15. The number of aromatic nitrogens is 1. The summed E-state index contributed by atoms with van der Waals surface area (Å²) in [4.78, 5) is 25.0. The van der Waals surface area contributed by atoms with Gasteiger partial charge in [0.1, 0.15) is 0 Å². The summed E-state index contributed by atoms with van der Waals surface area (Å²) in [6.07, 6.45) is 5.27. The van der Waals surface area contributed by atoms with Gasteiger partial charge >= 0.3 is 0 Å². The molecule has 4 rings (SSSR count). The van der Waals surface area contributed by atoms with E-state index in [1.807, 2.05) is 79.3 Å². The molecule has 188 valence electrons. The number of para-hydroxylation sites is 1. The number of anilines is 1. The van der Waals surface area contributed by atoms with E-state index in [1.54, 1.807) is 30.3 Å². The topological polar surface area (TPSA) is 93.9 Å². The highest BCUT2D eigenvalue weighted by Crippen LogP contribution is 2.28. The number of benzene rings is 3. The van der Waals surface area contributed by atoms with Crippen molar-refractivity contribution in [3.63, 3.8) is 0 Å². The van der Waals surface area contributed by atoms with Crippen LogP contribution in [0.1, 0.15) is 28.4 Å². The lowest BCUT2D eigenvalue weighted by Gasteiger charge is -2.13. The number of rotatable bonds is 10. The van der Waals surface area contributed by atoms with Gasteiger partial charge in [0.15, 0.2) is 18.1 Å². The lowest BCUT2D eigenvalue weighted by atomic mass is 10.1. The maximum atomic E-state index is 12.8. The Labute approximate surface area is 215 Å². The third-order valence-electron chi connectivity index (χ3n) is 5.37. The van der Waals surface area contributed by atoms with E-state index in [4.69, 9.17) is 9.47 Å². The van der Waals surface area contributed by atoms with E-state index in [9.17, 15) is 9.59 Å². The fourth-order valence-electron chi connectivity index (χ4n) is 3.58. The van der Waals surface area contributed by atoms with E-state index >= 15 is 0 Å². The number of hydrogen-bond donors (Lipinski definition) is 2. The van der Waals surface area contributed by atoms with Crippen LogP contribution in [0.15, 0.2) is 96.4 Å². The van der Waals surface area contributed by atoms with Gasteiger partial charge in [-0.05, 0) is 74.0 Å². The van der Waals surface area contributed by atoms with Crippen LogP contribution < -0.4 is 20.2 Å². The Morgan fingerprint density at radius 2 is 1.68 bits per heavy atom. The van der Waals surface area contributed by atoms with Crippen LogP contribution in [-0.2, 0) is 4.79 Å². The van der Waals surface area contributed by atoms with Gasteiger partial charge in [-0.2, -0.15) is 5.10 Å². The van der Waals surface area contributed by atoms with Gasteiger partial charge in [0.05, 0.1) is 24.1 Å². The molecule has 0 unspecified atom stereocenters. The number of nitrogens with one attached hydrogen (secondary N) is 2. The van der Waals surface area contributed by atoms with Crippen molar-refractivity contribution in [2.45, 2.75) is 13.8 Å². The lowest BCUT2D eigenvalue weighted by Crippen LogP contribution is -2.20. The Hall–Kier alpha value is -4.85. The van der Waals surface area contributed by atoms with Gasteiger partial charge in [0.25, 0.3) is 11.8 Å². The van der Waals surface area contributed by atoms with Crippen LogP contribution in [0, 0.1) is 6.92 Å². The van der Waals surface area contributed by atoms with Crippen molar-refractivity contribution in [1.82, 2.24) is 9.99 Å². The molecule has 0 atom stereocenters. The number of carbonyl (C=O) groups is 2. The SMILES string of the molecule is CCOc1cc(/C=N\NC(=O)c2ccccc2-n2cccc2)ccc1OCC(=O)Nc1ccc(C)cc1. The largest absolute Gasteiger partial charge is 0.490 e. The highest BCUT2D eigenvalue weighted by atomic mass is 16.5. The van der Waals surface area contributed by atoms with Crippen molar-refractivity contribution in [2.75, 3.05) is 18.5 Å². The molecular weight excluding hydrogens is 468 g/mol. The van der Waals surface area contributed by atoms with Gasteiger partial charge in [0, 0.05) is 18.1 Å². The minimum atomic E-state index is -0.329. The van der Waals surface area contributed by atoms with Gasteiger partial charge in [-0.1, -0.05) is 29.8 Å². The first-order valence-corrected chi connectivity index (χ1v) is 11.9. The summed E-state index contributed by atoms with van der Waals surface area (Å²) >= 11 is 0. The lowest BCUT2D eigenvalue weighted by molar-refractivity contribution is -0.118. The summed E-state index contributed by atoms with van der Waals surface area (Å²) in [5.41, 5.74) is 6.34. The molecular formula is C29H28N4O4. The van der Waals surface area contributed by atoms with Crippen LogP contribution in [0.3, 0.4) is 0 Å². The molecule has 8 nitrogen and oxygen atoms in total. The van der Waals surface area contributed by atoms with Crippen LogP contribution in [0.4, 0.5) is 5.69 Å². The zero-order valence-corrected chi connectivity index (χ0v) is 20.7. The quantitative estimate of drug-likeness (QED) is 0.240. The fourth-order valence-corrected chi connectivity index (χ4v) is 3.58. The number of hydrazone groups is 1. The first-order chi connectivity index (χ1) is 18.0. The van der Waals surface area contributed by atoms with E-state index in [0.717, 1.165) is 11.3 Å². The van der Waals surface area contributed by atoms with Crippen LogP contribution in [-0.4, -0.2) is 35.8 Å². The van der Waals surface area contributed by atoms with Crippen LogP contribution in [0.25, 0.3) is 5.69 Å². The predicted octanol–water partition coefficient (Wildman–Crippen LogP) is 4.97. The Morgan fingerprint density at radius 3 is 2.43 bits per heavy atom. The van der Waals surface area contributed by atoms with Crippen molar-refractivity contribution >= 4 is 23.7 Å². The molecule has 1 aromatic heterocycles. The molecule has 0 saturated carbocycles. The van der Waals surface area contributed by atoms with Gasteiger partial charge in [-0.25, -0.2) is 5.43 Å². The summed E-state index contributed by atoms with van der Waals surface area (Å²) in [6.45, 7) is 4.09. The van der Waals surface area contributed by atoms with Gasteiger partial charge in [0.2, 0.25) is 0 Å². The Bertz CT molecular complexity index is 1380. The molecule has 0 radical (unpaired) electrons. The molecule has 0 aliphatic carbocycles. The molecule has 0 fully saturated rings. The molecule has 0 aliphatic heterocycles. The zero-order chi connectivity index (χ0) is 26.0. The highest BCUT2D eigenvalue weighted by molar-refractivity contribution is 5.98. The van der Waals surface area contributed by atoms with Crippen molar-refractivity contribution in [3.05, 3.63) is 108 Å². The first kappa shape index (κ1) is 25.2. The van der Waals surface area contributed by atoms with Gasteiger partial charge in [-0.15, -0.1) is 0 Å². The highest BCUT2D eigenvalue weighted by Gasteiger charge is 2.12. The molecule has 2 N–H and O–H groups in total. The average molecular weight is 497 g/mol. The minimum Gasteiger partial charge on any atom is -0.490 e. The van der Waals surface area contributed by atoms with Crippen molar-refractivity contribution in [3.8, 4) is 17.2 Å². The molecule has 1 heterocycles. The molecule has 37 heavy (non-hydrogen) atoms. The second kappa shape index (κ2) is 12.2. The molecule has 0 saturated heterocycles. The standard InChI is InChI=1S/C29H28N4O4/c1-3-36-27-18-22(12-15-26(27)37-20-28(34)31-23-13-10-21(2)11-14-23)19-30-32-29(35)24-8-4-5-9-25(24)33-16-6-7-17-33/h4-19H,3,20H2,1-2H3,(H,31,34)(H,32,35)/b30-19-. The number of ether oxygens (including phenoxy) is 2. The summed E-state index contributed by atoms with van der Waals surface area (Å²) in [5.74, 6) is 0.298. The minimum absolute atomic E-state index is 0.168. The third kappa shape index (κ3) is 6.85. The summed E-state index contributed by atoms with van der Waals surface area (Å²) in [7, 11) is 0. The maximum absolute atomic E-state index is 12.8. The van der Waals surface area contributed by atoms with E-state index < -0.39 is 0 Å².